The van der Waals surface area contributed by atoms with Crippen LogP contribution in [0.4, 0.5) is 0 Å². The molecule has 7 nitrogen and oxygen atoms in total. The van der Waals surface area contributed by atoms with E-state index in [2.05, 4.69) is 15.6 Å². The largest absolute Gasteiger partial charge is 0.382 e. The number of ether oxygens (including phenoxy) is 2. The lowest BCUT2D eigenvalue weighted by molar-refractivity contribution is 0.0698. The van der Waals surface area contributed by atoms with Crippen LogP contribution in [0.1, 0.15) is 22.3 Å². The van der Waals surface area contributed by atoms with Crippen LogP contribution in [0.15, 0.2) is 29.3 Å². The number of rotatable bonds is 10. The highest BCUT2D eigenvalue weighted by molar-refractivity contribution is 14.0. The van der Waals surface area contributed by atoms with Crippen molar-refractivity contribution in [1.82, 2.24) is 10.6 Å². The van der Waals surface area contributed by atoms with Crippen molar-refractivity contribution in [2.45, 2.75) is 13.0 Å². The van der Waals surface area contributed by atoms with Gasteiger partial charge in [-0.15, -0.1) is 24.0 Å². The fourth-order valence-corrected chi connectivity index (χ4v) is 1.82. The van der Waals surface area contributed by atoms with Crippen molar-refractivity contribution in [3.63, 3.8) is 0 Å². The minimum atomic E-state index is -0.422. The number of benzene rings is 1. The van der Waals surface area contributed by atoms with Gasteiger partial charge in [-0.1, -0.05) is 12.1 Å². The summed E-state index contributed by atoms with van der Waals surface area (Å²) < 4.78 is 10.3. The molecule has 0 heterocycles. The molecular weight excluding hydrogens is 423 g/mol. The summed E-state index contributed by atoms with van der Waals surface area (Å²) >= 11 is 0. The Kier molecular flexibility index (Phi) is 13.2. The molecule has 4 N–H and O–H groups in total. The quantitative estimate of drug-likeness (QED) is 0.215. The molecule has 0 unspecified atom stereocenters. The first-order valence-electron chi connectivity index (χ1n) is 7.57. The maximum Gasteiger partial charge on any atom is 0.248 e. The van der Waals surface area contributed by atoms with Gasteiger partial charge in [0.2, 0.25) is 5.91 Å². The van der Waals surface area contributed by atoms with Gasteiger partial charge in [0.15, 0.2) is 5.96 Å². The standard InChI is InChI=1S/C16H26N4O3.HI/c1-18-16(19-8-3-9-23-11-10-22-2)20-12-13-4-6-14(7-5-13)15(17)21;/h4-7H,3,8-12H2,1-2H3,(H2,17,21)(H2,18,19,20);1H. The van der Waals surface area contributed by atoms with E-state index in [-0.39, 0.29) is 24.0 Å². The molecule has 0 spiro atoms. The molecule has 24 heavy (non-hydrogen) atoms. The van der Waals surface area contributed by atoms with E-state index in [0.29, 0.717) is 31.9 Å². The van der Waals surface area contributed by atoms with E-state index in [4.69, 9.17) is 15.2 Å². The second kappa shape index (κ2) is 14.0. The number of primary amides is 1. The number of amides is 1. The van der Waals surface area contributed by atoms with Crippen LogP contribution >= 0.6 is 24.0 Å². The molecule has 0 aliphatic carbocycles. The lowest BCUT2D eigenvalue weighted by Crippen LogP contribution is -2.37. The summed E-state index contributed by atoms with van der Waals surface area (Å²) in [5.41, 5.74) is 6.76. The Morgan fingerprint density at radius 3 is 2.46 bits per heavy atom. The lowest BCUT2D eigenvalue weighted by Gasteiger charge is -2.12. The van der Waals surface area contributed by atoms with E-state index in [9.17, 15) is 4.79 Å². The van der Waals surface area contributed by atoms with E-state index in [1.54, 1.807) is 26.3 Å². The van der Waals surface area contributed by atoms with Crippen LogP contribution in [0.5, 0.6) is 0 Å². The summed E-state index contributed by atoms with van der Waals surface area (Å²) in [6.45, 7) is 3.30. The van der Waals surface area contributed by atoms with Crippen LogP contribution in [-0.4, -0.2) is 52.4 Å². The third-order valence-electron chi connectivity index (χ3n) is 3.11. The topological polar surface area (TPSA) is 98.0 Å². The number of nitrogens with one attached hydrogen (secondary N) is 2. The average molecular weight is 450 g/mol. The number of hydrogen-bond donors (Lipinski definition) is 3. The predicted octanol–water partition coefficient (Wildman–Crippen LogP) is 1.12. The summed E-state index contributed by atoms with van der Waals surface area (Å²) in [5.74, 6) is 0.301. The zero-order valence-corrected chi connectivity index (χ0v) is 16.5. The summed E-state index contributed by atoms with van der Waals surface area (Å²) in [7, 11) is 3.38. The Morgan fingerprint density at radius 1 is 1.17 bits per heavy atom. The molecule has 0 aliphatic heterocycles. The predicted molar refractivity (Wildman–Crippen MR) is 106 cm³/mol. The van der Waals surface area contributed by atoms with Gasteiger partial charge in [-0.2, -0.15) is 0 Å². The van der Waals surface area contributed by atoms with Gasteiger partial charge in [-0.3, -0.25) is 9.79 Å². The first kappa shape index (κ1) is 22.6. The Balaban J connectivity index is 0.00000529. The van der Waals surface area contributed by atoms with Crippen LogP contribution in [-0.2, 0) is 16.0 Å². The molecule has 1 rings (SSSR count). The van der Waals surface area contributed by atoms with Crippen molar-refractivity contribution >= 4 is 35.8 Å². The number of halogens is 1. The Bertz CT molecular complexity index is 495. The fourth-order valence-electron chi connectivity index (χ4n) is 1.82. The second-order valence-corrected chi connectivity index (χ2v) is 4.87. The number of nitrogens with two attached hydrogens (primary N) is 1. The van der Waals surface area contributed by atoms with Crippen LogP contribution in [0.3, 0.4) is 0 Å². The van der Waals surface area contributed by atoms with Crippen molar-refractivity contribution in [1.29, 1.82) is 0 Å². The molecule has 8 heteroatoms. The number of aliphatic imine (C=N–C) groups is 1. The maximum atomic E-state index is 11.0. The fraction of sp³-hybridized carbons (Fsp3) is 0.500. The number of hydrogen-bond acceptors (Lipinski definition) is 4. The highest BCUT2D eigenvalue weighted by atomic mass is 127. The van der Waals surface area contributed by atoms with Gasteiger partial charge in [0.25, 0.3) is 0 Å². The van der Waals surface area contributed by atoms with Crippen molar-refractivity contribution in [2.24, 2.45) is 10.7 Å². The monoisotopic (exact) mass is 450 g/mol. The molecule has 0 aromatic heterocycles. The zero-order chi connectivity index (χ0) is 16.9. The third kappa shape index (κ3) is 9.68. The summed E-state index contributed by atoms with van der Waals surface area (Å²) in [6.07, 6.45) is 0.887. The van der Waals surface area contributed by atoms with Gasteiger partial charge >= 0.3 is 0 Å². The molecule has 0 atom stereocenters. The van der Waals surface area contributed by atoms with E-state index in [0.717, 1.165) is 24.5 Å². The van der Waals surface area contributed by atoms with Gasteiger partial charge in [-0.05, 0) is 24.1 Å². The summed E-state index contributed by atoms with van der Waals surface area (Å²) in [4.78, 5) is 15.2. The van der Waals surface area contributed by atoms with Gasteiger partial charge in [0.05, 0.1) is 13.2 Å². The maximum absolute atomic E-state index is 11.0. The normalized spacial score (nSPS) is 10.8. The molecule has 0 fully saturated rings. The summed E-state index contributed by atoms with van der Waals surface area (Å²) in [6, 6.07) is 7.16. The van der Waals surface area contributed by atoms with Gasteiger partial charge in [0, 0.05) is 39.4 Å². The van der Waals surface area contributed by atoms with Gasteiger partial charge in [0.1, 0.15) is 0 Å². The highest BCUT2D eigenvalue weighted by Gasteiger charge is 2.01. The molecule has 0 aliphatic rings. The molecule has 136 valence electrons. The molecule has 1 aromatic carbocycles. The lowest BCUT2D eigenvalue weighted by atomic mass is 10.1. The first-order valence-corrected chi connectivity index (χ1v) is 7.57. The number of carbonyl (C=O) groups is 1. The summed E-state index contributed by atoms with van der Waals surface area (Å²) in [5, 5.41) is 6.42. The number of methoxy groups -OCH3 is 1. The molecule has 0 saturated carbocycles. The molecule has 1 amide bonds. The van der Waals surface area contributed by atoms with E-state index >= 15 is 0 Å². The second-order valence-electron chi connectivity index (χ2n) is 4.87. The molecule has 0 saturated heterocycles. The minimum Gasteiger partial charge on any atom is -0.382 e. The Hall–Kier alpha value is -1.39. The van der Waals surface area contributed by atoms with Crippen LogP contribution < -0.4 is 16.4 Å². The number of guanidine groups is 1. The molecule has 0 radical (unpaired) electrons. The van der Waals surface area contributed by atoms with Crippen LogP contribution in [0.2, 0.25) is 0 Å². The molecule has 1 aromatic rings. The SMILES string of the molecule is CN=C(NCCCOCCOC)NCc1ccc(C(N)=O)cc1.I. The zero-order valence-electron chi connectivity index (χ0n) is 14.2. The van der Waals surface area contributed by atoms with Crippen molar-refractivity contribution < 1.29 is 14.3 Å². The first-order chi connectivity index (χ1) is 11.2. The molecular formula is C16H27IN4O3. The van der Waals surface area contributed by atoms with Gasteiger partial charge < -0.3 is 25.8 Å². The average Bonchev–Trinajstić information content (AvgIpc) is 2.57. The third-order valence-corrected chi connectivity index (χ3v) is 3.11. The van der Waals surface area contributed by atoms with Crippen molar-refractivity contribution in [3.8, 4) is 0 Å². The molecule has 0 bridgehead atoms. The Morgan fingerprint density at radius 2 is 1.88 bits per heavy atom. The van der Waals surface area contributed by atoms with E-state index in [1.165, 1.54) is 0 Å². The van der Waals surface area contributed by atoms with Crippen molar-refractivity contribution in [2.75, 3.05) is 40.5 Å². The minimum absolute atomic E-state index is 0. The van der Waals surface area contributed by atoms with E-state index < -0.39 is 5.91 Å². The highest BCUT2D eigenvalue weighted by Crippen LogP contribution is 2.03. The number of nitrogens with zero attached hydrogens (tertiary/aromatic N) is 1. The van der Waals surface area contributed by atoms with Crippen LogP contribution in [0, 0.1) is 0 Å². The smallest absolute Gasteiger partial charge is 0.248 e. The van der Waals surface area contributed by atoms with E-state index in [1.807, 2.05) is 12.1 Å². The Labute approximate surface area is 160 Å². The van der Waals surface area contributed by atoms with Gasteiger partial charge in [-0.25, -0.2) is 0 Å². The number of carbonyl (C=O) groups excluding carboxylic acids is 1. The van der Waals surface area contributed by atoms with Crippen LogP contribution in [0.25, 0.3) is 0 Å². The van der Waals surface area contributed by atoms with Crippen molar-refractivity contribution in [3.05, 3.63) is 35.4 Å².